The summed E-state index contributed by atoms with van der Waals surface area (Å²) in [6, 6.07) is 18.1. The van der Waals surface area contributed by atoms with Crippen molar-refractivity contribution in [2.45, 2.75) is 26.8 Å². The first-order chi connectivity index (χ1) is 17.4. The van der Waals surface area contributed by atoms with Crippen LogP contribution < -0.4 is 14.9 Å². The molecule has 5 rings (SSSR count). The Kier molecular flexibility index (Phi) is 6.51. The highest BCUT2D eigenvalue weighted by Gasteiger charge is 2.33. The third-order valence-electron chi connectivity index (χ3n) is 6.00. The number of benzene rings is 2. The number of thiazole rings is 1. The Labute approximate surface area is 216 Å². The number of carbonyl (C=O) groups excluding carboxylic acids is 1. The molecular formula is C28H23ClN2O4S. The Morgan fingerprint density at radius 3 is 2.69 bits per heavy atom. The van der Waals surface area contributed by atoms with Crippen molar-refractivity contribution in [2.75, 3.05) is 6.61 Å². The molecule has 0 aliphatic carbocycles. The van der Waals surface area contributed by atoms with E-state index in [0.717, 1.165) is 16.7 Å². The van der Waals surface area contributed by atoms with Crippen molar-refractivity contribution in [3.63, 3.8) is 0 Å². The lowest BCUT2D eigenvalue weighted by atomic mass is 9.96. The second kappa shape index (κ2) is 9.76. The third-order valence-corrected chi connectivity index (χ3v) is 7.22. The lowest BCUT2D eigenvalue weighted by Gasteiger charge is -2.24. The normalized spacial score (nSPS) is 15.6. The largest absolute Gasteiger partial charge is 0.463 e. The van der Waals surface area contributed by atoms with Gasteiger partial charge in [-0.3, -0.25) is 9.36 Å². The predicted molar refractivity (Wildman–Crippen MR) is 141 cm³/mol. The zero-order valence-corrected chi connectivity index (χ0v) is 21.5. The van der Waals surface area contributed by atoms with Crippen LogP contribution in [0.15, 0.2) is 86.1 Å². The molecule has 0 N–H and O–H groups in total. The first kappa shape index (κ1) is 24.0. The van der Waals surface area contributed by atoms with Crippen LogP contribution in [0.1, 0.15) is 36.8 Å². The molecule has 182 valence electrons. The maximum absolute atomic E-state index is 13.7. The summed E-state index contributed by atoms with van der Waals surface area (Å²) in [5.41, 5.74) is 3.37. The average molecular weight is 519 g/mol. The molecule has 0 bridgehead atoms. The summed E-state index contributed by atoms with van der Waals surface area (Å²) in [6.07, 6.45) is 1.71. The molecule has 0 amide bonds. The Hall–Kier alpha value is -3.68. The van der Waals surface area contributed by atoms with Gasteiger partial charge in [-0.15, -0.1) is 0 Å². The number of esters is 1. The monoisotopic (exact) mass is 518 g/mol. The van der Waals surface area contributed by atoms with Gasteiger partial charge in [0, 0.05) is 16.7 Å². The topological polar surface area (TPSA) is 73.8 Å². The van der Waals surface area contributed by atoms with E-state index in [1.165, 1.54) is 11.3 Å². The van der Waals surface area contributed by atoms with Crippen LogP contribution >= 0.6 is 22.9 Å². The van der Waals surface area contributed by atoms with Gasteiger partial charge in [-0.2, -0.15) is 0 Å². The van der Waals surface area contributed by atoms with Crippen molar-refractivity contribution in [3.05, 3.63) is 114 Å². The van der Waals surface area contributed by atoms with E-state index in [9.17, 15) is 9.59 Å². The molecule has 0 radical (unpaired) electrons. The van der Waals surface area contributed by atoms with Crippen LogP contribution in [0.4, 0.5) is 0 Å². The number of hydrogen-bond acceptors (Lipinski definition) is 6. The number of allylic oxidation sites excluding steroid dienone is 1. The zero-order chi connectivity index (χ0) is 25.4. The molecule has 36 heavy (non-hydrogen) atoms. The van der Waals surface area contributed by atoms with Gasteiger partial charge in [0.15, 0.2) is 4.80 Å². The van der Waals surface area contributed by atoms with E-state index in [-0.39, 0.29) is 12.2 Å². The standard InChI is InChI=1S/C28H23ClN2O4S/c1-4-34-27(33)24-17(3)30-28-31(25(24)18-8-6-5-7-9-18)26(32)23(36-28)15-20-12-13-22(35-20)21-14-19(29)11-10-16(21)2/h5-15,25H,4H2,1-3H3/b23-15+. The van der Waals surface area contributed by atoms with Gasteiger partial charge in [-0.25, -0.2) is 9.79 Å². The van der Waals surface area contributed by atoms with Gasteiger partial charge in [-0.1, -0.05) is 59.3 Å². The quantitative estimate of drug-likeness (QED) is 0.348. The highest BCUT2D eigenvalue weighted by Crippen LogP contribution is 2.31. The molecule has 8 heteroatoms. The summed E-state index contributed by atoms with van der Waals surface area (Å²) in [5, 5.41) is 0.621. The lowest BCUT2D eigenvalue weighted by molar-refractivity contribution is -0.139. The van der Waals surface area contributed by atoms with Gasteiger partial charge < -0.3 is 9.15 Å². The van der Waals surface area contributed by atoms with E-state index in [1.54, 1.807) is 24.5 Å². The smallest absolute Gasteiger partial charge is 0.338 e. The third kappa shape index (κ3) is 4.36. The van der Waals surface area contributed by atoms with Gasteiger partial charge in [0.2, 0.25) is 0 Å². The van der Waals surface area contributed by atoms with Crippen molar-refractivity contribution in [1.82, 2.24) is 4.57 Å². The molecule has 1 atom stereocenters. The molecular weight excluding hydrogens is 496 g/mol. The van der Waals surface area contributed by atoms with Crippen LogP contribution in [0.25, 0.3) is 17.4 Å². The number of aromatic nitrogens is 1. The zero-order valence-electron chi connectivity index (χ0n) is 19.9. The molecule has 4 aromatic rings. The first-order valence-corrected chi connectivity index (χ1v) is 12.7. The number of halogens is 1. The first-order valence-electron chi connectivity index (χ1n) is 11.5. The second-order valence-corrected chi connectivity index (χ2v) is 9.82. The molecule has 0 fully saturated rings. The molecule has 3 heterocycles. The Morgan fingerprint density at radius 2 is 1.94 bits per heavy atom. The SMILES string of the molecule is CCOC(=O)C1=C(C)N=c2s/c(=C/c3ccc(-c4cc(Cl)ccc4C)o3)c(=O)n2C1c1ccccc1. The summed E-state index contributed by atoms with van der Waals surface area (Å²) in [7, 11) is 0. The van der Waals surface area contributed by atoms with Crippen LogP contribution in [0.3, 0.4) is 0 Å². The van der Waals surface area contributed by atoms with Gasteiger partial charge in [-0.05, 0) is 56.2 Å². The Balaban J connectivity index is 1.64. The second-order valence-electron chi connectivity index (χ2n) is 8.37. The minimum Gasteiger partial charge on any atom is -0.463 e. The number of rotatable bonds is 5. The molecule has 6 nitrogen and oxygen atoms in total. The summed E-state index contributed by atoms with van der Waals surface area (Å²) >= 11 is 7.43. The average Bonchev–Trinajstić information content (AvgIpc) is 3.45. The summed E-state index contributed by atoms with van der Waals surface area (Å²) in [4.78, 5) is 31.7. The molecule has 2 aromatic carbocycles. The fraction of sp³-hybridized carbons (Fsp3) is 0.179. The number of ether oxygens (including phenoxy) is 1. The number of furan rings is 1. The van der Waals surface area contributed by atoms with Gasteiger partial charge >= 0.3 is 5.97 Å². The van der Waals surface area contributed by atoms with Crippen molar-refractivity contribution < 1.29 is 13.9 Å². The number of aryl methyl sites for hydroxylation is 1. The summed E-state index contributed by atoms with van der Waals surface area (Å²) in [6.45, 7) is 5.74. The van der Waals surface area contributed by atoms with E-state index < -0.39 is 12.0 Å². The highest BCUT2D eigenvalue weighted by molar-refractivity contribution is 7.07. The number of fused-ring (bicyclic) bond motifs is 1. The van der Waals surface area contributed by atoms with Crippen LogP contribution in [-0.2, 0) is 9.53 Å². The molecule has 1 unspecified atom stereocenters. The molecule has 2 aromatic heterocycles. The van der Waals surface area contributed by atoms with Crippen molar-refractivity contribution in [2.24, 2.45) is 4.99 Å². The maximum atomic E-state index is 13.7. The molecule has 1 aliphatic heterocycles. The molecule has 1 aliphatic rings. The fourth-order valence-electron chi connectivity index (χ4n) is 4.31. The van der Waals surface area contributed by atoms with Crippen LogP contribution in [0, 0.1) is 6.92 Å². The van der Waals surface area contributed by atoms with E-state index in [2.05, 4.69) is 4.99 Å². The molecule has 0 saturated carbocycles. The van der Waals surface area contributed by atoms with Gasteiger partial charge in [0.25, 0.3) is 5.56 Å². The van der Waals surface area contributed by atoms with Crippen LogP contribution in [-0.4, -0.2) is 17.1 Å². The maximum Gasteiger partial charge on any atom is 0.338 e. The van der Waals surface area contributed by atoms with Crippen molar-refractivity contribution in [1.29, 1.82) is 0 Å². The fourth-order valence-corrected chi connectivity index (χ4v) is 5.51. The predicted octanol–water partition coefficient (Wildman–Crippen LogP) is 5.02. The minimum atomic E-state index is -0.634. The van der Waals surface area contributed by atoms with E-state index >= 15 is 0 Å². The van der Waals surface area contributed by atoms with Gasteiger partial charge in [0.05, 0.1) is 28.5 Å². The Bertz CT molecular complexity index is 1680. The highest BCUT2D eigenvalue weighted by atomic mass is 35.5. The van der Waals surface area contributed by atoms with Crippen LogP contribution in [0.2, 0.25) is 5.02 Å². The van der Waals surface area contributed by atoms with E-state index in [0.29, 0.717) is 37.1 Å². The van der Waals surface area contributed by atoms with E-state index in [1.807, 2.05) is 67.6 Å². The molecule has 0 spiro atoms. The van der Waals surface area contributed by atoms with Crippen LogP contribution in [0.5, 0.6) is 0 Å². The van der Waals surface area contributed by atoms with Crippen molar-refractivity contribution in [3.8, 4) is 11.3 Å². The molecule has 0 saturated heterocycles. The van der Waals surface area contributed by atoms with E-state index in [4.69, 9.17) is 20.8 Å². The lowest BCUT2D eigenvalue weighted by Crippen LogP contribution is -2.39. The Morgan fingerprint density at radius 1 is 1.17 bits per heavy atom. The number of nitrogens with zero attached hydrogens (tertiary/aromatic N) is 2. The van der Waals surface area contributed by atoms with Gasteiger partial charge in [0.1, 0.15) is 11.5 Å². The van der Waals surface area contributed by atoms with Crippen molar-refractivity contribution >= 4 is 35.0 Å². The minimum absolute atomic E-state index is 0.231. The summed E-state index contributed by atoms with van der Waals surface area (Å²) < 4.78 is 13.4. The number of carbonyl (C=O) groups is 1. The number of hydrogen-bond donors (Lipinski definition) is 0. The summed E-state index contributed by atoms with van der Waals surface area (Å²) in [5.74, 6) is 0.721.